The number of hydrogen-bond donors (Lipinski definition) is 1. The van der Waals surface area contributed by atoms with Crippen molar-refractivity contribution in [3.05, 3.63) is 34.9 Å². The van der Waals surface area contributed by atoms with Crippen molar-refractivity contribution in [1.82, 2.24) is 0 Å². The first-order valence-corrected chi connectivity index (χ1v) is 5.60. The Kier molecular flexibility index (Phi) is 5.29. The van der Waals surface area contributed by atoms with Crippen LogP contribution >= 0.6 is 11.6 Å². The van der Waals surface area contributed by atoms with Crippen LogP contribution in [0.15, 0.2) is 24.3 Å². The number of aliphatic hydroxyl groups is 1. The van der Waals surface area contributed by atoms with Gasteiger partial charge in [0.1, 0.15) is 0 Å². The van der Waals surface area contributed by atoms with Crippen molar-refractivity contribution in [2.24, 2.45) is 0 Å². The molecule has 88 valence electrons. The quantitative estimate of drug-likeness (QED) is 0.808. The molecule has 0 bridgehead atoms. The third-order valence-corrected chi connectivity index (χ3v) is 2.33. The Morgan fingerprint density at radius 3 is 2.62 bits per heavy atom. The highest BCUT2D eigenvalue weighted by Gasteiger charge is 2.13. The van der Waals surface area contributed by atoms with Crippen LogP contribution in [0.2, 0.25) is 5.02 Å². The summed E-state index contributed by atoms with van der Waals surface area (Å²) in [4.78, 5) is 11.2. The summed E-state index contributed by atoms with van der Waals surface area (Å²) in [5.41, 5.74) is 0.665. The molecule has 1 rings (SSSR count). The van der Waals surface area contributed by atoms with Gasteiger partial charge >= 0.3 is 5.97 Å². The Morgan fingerprint density at radius 2 is 2.06 bits per heavy atom. The summed E-state index contributed by atoms with van der Waals surface area (Å²) < 4.78 is 4.88. The lowest BCUT2D eigenvalue weighted by atomic mass is 10.1. The minimum Gasteiger partial charge on any atom is -0.466 e. The van der Waals surface area contributed by atoms with E-state index < -0.39 is 6.10 Å². The lowest BCUT2D eigenvalue weighted by molar-refractivity contribution is -0.146. The van der Waals surface area contributed by atoms with E-state index in [0.29, 0.717) is 17.2 Å². The van der Waals surface area contributed by atoms with Gasteiger partial charge in [-0.15, -0.1) is 0 Å². The second-order valence-corrected chi connectivity index (χ2v) is 3.93. The zero-order chi connectivity index (χ0) is 12.0. The molecule has 0 aliphatic rings. The maximum atomic E-state index is 11.2. The van der Waals surface area contributed by atoms with Gasteiger partial charge < -0.3 is 9.84 Å². The van der Waals surface area contributed by atoms with E-state index in [-0.39, 0.29) is 12.4 Å². The number of ether oxygens (including phenoxy) is 1. The average molecular weight is 243 g/mol. The van der Waals surface area contributed by atoms with Gasteiger partial charge in [0, 0.05) is 5.02 Å². The molecule has 0 heterocycles. The summed E-state index contributed by atoms with van der Waals surface area (Å²) >= 11 is 5.72. The van der Waals surface area contributed by atoms with Gasteiger partial charge in [-0.05, 0) is 24.1 Å². The molecule has 1 aromatic rings. The lowest BCUT2D eigenvalue weighted by Crippen LogP contribution is -2.10. The van der Waals surface area contributed by atoms with Crippen molar-refractivity contribution in [3.8, 4) is 0 Å². The van der Waals surface area contributed by atoms with Gasteiger partial charge in [-0.25, -0.2) is 0 Å². The number of carbonyl (C=O) groups excluding carboxylic acids is 1. The Bertz CT molecular complexity index is 335. The van der Waals surface area contributed by atoms with Crippen molar-refractivity contribution in [2.75, 3.05) is 6.61 Å². The smallest absolute Gasteiger partial charge is 0.308 e. The van der Waals surface area contributed by atoms with E-state index in [9.17, 15) is 9.90 Å². The third-order valence-electron chi connectivity index (χ3n) is 2.08. The normalized spacial score (nSPS) is 12.2. The van der Waals surface area contributed by atoms with Crippen LogP contribution in [0.5, 0.6) is 0 Å². The minimum atomic E-state index is -0.832. The molecule has 0 aromatic heterocycles. The van der Waals surface area contributed by atoms with Crippen LogP contribution in [0, 0.1) is 0 Å². The Hall–Kier alpha value is -1.06. The molecule has 0 saturated heterocycles. The number of hydrogen-bond acceptors (Lipinski definition) is 3. The molecule has 0 saturated carbocycles. The molecule has 16 heavy (non-hydrogen) atoms. The second-order valence-electron chi connectivity index (χ2n) is 3.49. The molecule has 0 spiro atoms. The highest BCUT2D eigenvalue weighted by Crippen LogP contribution is 2.19. The van der Waals surface area contributed by atoms with Crippen molar-refractivity contribution in [2.45, 2.75) is 25.9 Å². The molecule has 3 nitrogen and oxygen atoms in total. The summed E-state index contributed by atoms with van der Waals surface area (Å²) in [6, 6.07) is 6.75. The number of aliphatic hydroxyl groups excluding tert-OH is 1. The van der Waals surface area contributed by atoms with Crippen LogP contribution in [0.3, 0.4) is 0 Å². The maximum Gasteiger partial charge on any atom is 0.308 e. The molecule has 0 aliphatic heterocycles. The Morgan fingerprint density at radius 1 is 1.44 bits per heavy atom. The van der Waals surface area contributed by atoms with Gasteiger partial charge in [0.2, 0.25) is 0 Å². The minimum absolute atomic E-state index is 0.0262. The monoisotopic (exact) mass is 242 g/mol. The van der Waals surface area contributed by atoms with Gasteiger partial charge in [-0.3, -0.25) is 4.79 Å². The van der Waals surface area contributed by atoms with Crippen LogP contribution in [-0.4, -0.2) is 17.7 Å². The first-order chi connectivity index (χ1) is 7.63. The Balaban J connectivity index is 2.48. The topological polar surface area (TPSA) is 46.5 Å². The zero-order valence-electron chi connectivity index (χ0n) is 9.15. The molecular formula is C12H15ClO3. The first-order valence-electron chi connectivity index (χ1n) is 5.22. The fourth-order valence-electron chi connectivity index (χ4n) is 1.24. The van der Waals surface area contributed by atoms with E-state index in [4.69, 9.17) is 16.3 Å². The number of esters is 1. The van der Waals surface area contributed by atoms with Gasteiger partial charge in [0.25, 0.3) is 0 Å². The highest BCUT2D eigenvalue weighted by atomic mass is 35.5. The predicted octanol–water partition coefficient (Wildman–Crippen LogP) is 2.72. The van der Waals surface area contributed by atoms with Crippen LogP contribution in [0.4, 0.5) is 0 Å². The van der Waals surface area contributed by atoms with Crippen LogP contribution in [0.25, 0.3) is 0 Å². The van der Waals surface area contributed by atoms with Crippen molar-refractivity contribution < 1.29 is 14.6 Å². The van der Waals surface area contributed by atoms with E-state index in [0.717, 1.165) is 6.42 Å². The molecule has 1 aromatic carbocycles. The fourth-order valence-corrected chi connectivity index (χ4v) is 1.36. The molecular weight excluding hydrogens is 228 g/mol. The van der Waals surface area contributed by atoms with Crippen molar-refractivity contribution in [3.63, 3.8) is 0 Å². The van der Waals surface area contributed by atoms with E-state index >= 15 is 0 Å². The van der Waals surface area contributed by atoms with E-state index in [2.05, 4.69) is 0 Å². The predicted molar refractivity (Wildman–Crippen MR) is 62.3 cm³/mol. The van der Waals surface area contributed by atoms with Crippen molar-refractivity contribution >= 4 is 17.6 Å². The number of benzene rings is 1. The highest BCUT2D eigenvalue weighted by molar-refractivity contribution is 6.30. The molecule has 4 heteroatoms. The molecule has 0 radical (unpaired) electrons. The molecule has 0 unspecified atom stereocenters. The standard InChI is InChI=1S/C12H15ClO3/c1-2-7-16-12(15)8-11(14)9-3-5-10(13)6-4-9/h3-6,11,14H,2,7-8H2,1H3/t11-/m1/s1. The SMILES string of the molecule is CCCOC(=O)C[C@@H](O)c1ccc(Cl)cc1. The third kappa shape index (κ3) is 4.21. The summed E-state index contributed by atoms with van der Waals surface area (Å²) in [6.07, 6.45) is -0.0775. The van der Waals surface area contributed by atoms with Crippen LogP contribution < -0.4 is 0 Å². The Labute approximate surface area is 100.0 Å². The van der Waals surface area contributed by atoms with E-state index in [1.165, 1.54) is 0 Å². The summed E-state index contributed by atoms with van der Waals surface area (Å²) in [5, 5.41) is 10.3. The fraction of sp³-hybridized carbons (Fsp3) is 0.417. The summed E-state index contributed by atoms with van der Waals surface area (Å²) in [6.45, 7) is 2.31. The number of halogens is 1. The molecule has 0 amide bonds. The van der Waals surface area contributed by atoms with Crippen molar-refractivity contribution in [1.29, 1.82) is 0 Å². The molecule has 0 aliphatic carbocycles. The summed E-state index contributed by atoms with van der Waals surface area (Å²) in [5.74, 6) is -0.385. The first kappa shape index (κ1) is 13.0. The molecule has 0 fully saturated rings. The largest absolute Gasteiger partial charge is 0.466 e. The summed E-state index contributed by atoms with van der Waals surface area (Å²) in [7, 11) is 0. The molecule has 1 atom stereocenters. The van der Waals surface area contributed by atoms with Gasteiger partial charge in [0.15, 0.2) is 0 Å². The van der Waals surface area contributed by atoms with Gasteiger partial charge in [0.05, 0.1) is 19.1 Å². The number of carbonyl (C=O) groups is 1. The van der Waals surface area contributed by atoms with E-state index in [1.54, 1.807) is 24.3 Å². The second kappa shape index (κ2) is 6.51. The van der Waals surface area contributed by atoms with Gasteiger partial charge in [-0.2, -0.15) is 0 Å². The van der Waals surface area contributed by atoms with E-state index in [1.807, 2.05) is 6.92 Å². The van der Waals surface area contributed by atoms with Crippen LogP contribution in [-0.2, 0) is 9.53 Å². The van der Waals surface area contributed by atoms with Gasteiger partial charge in [-0.1, -0.05) is 30.7 Å². The average Bonchev–Trinajstić information content (AvgIpc) is 2.27. The lowest BCUT2D eigenvalue weighted by Gasteiger charge is -2.10. The zero-order valence-corrected chi connectivity index (χ0v) is 9.91. The maximum absolute atomic E-state index is 11.2. The molecule has 1 N–H and O–H groups in total. The van der Waals surface area contributed by atoms with Crippen LogP contribution in [0.1, 0.15) is 31.4 Å². The number of rotatable bonds is 5.